The third kappa shape index (κ3) is 5.61. The zero-order valence-electron chi connectivity index (χ0n) is 15.5. The van der Waals surface area contributed by atoms with Crippen LogP contribution >= 0.6 is 23.1 Å². The van der Waals surface area contributed by atoms with Gasteiger partial charge in [0.25, 0.3) is 0 Å². The van der Waals surface area contributed by atoms with Crippen molar-refractivity contribution in [3.05, 3.63) is 60.2 Å². The average Bonchev–Trinajstić information content (AvgIpc) is 3.23. The molecular formula is C20H20N4O3S2. The fourth-order valence-electron chi connectivity index (χ4n) is 2.68. The SMILES string of the molecule is O=C(CSc1nnc(NCc2ccccc2)s1)NC[C@@H]1COc2ccccc2O1. The van der Waals surface area contributed by atoms with Gasteiger partial charge in [0.05, 0.1) is 12.3 Å². The van der Waals surface area contributed by atoms with Crippen LogP contribution in [0.2, 0.25) is 0 Å². The highest BCUT2D eigenvalue weighted by atomic mass is 32.2. The normalized spacial score (nSPS) is 15.0. The number of thioether (sulfide) groups is 1. The fraction of sp³-hybridized carbons (Fsp3) is 0.250. The summed E-state index contributed by atoms with van der Waals surface area (Å²) >= 11 is 2.80. The van der Waals surface area contributed by atoms with Crippen LogP contribution in [-0.4, -0.2) is 41.1 Å². The lowest BCUT2D eigenvalue weighted by Crippen LogP contribution is -2.41. The molecule has 1 atom stereocenters. The Balaban J connectivity index is 1.17. The number of carbonyl (C=O) groups is 1. The van der Waals surface area contributed by atoms with Gasteiger partial charge in [0.1, 0.15) is 12.7 Å². The van der Waals surface area contributed by atoms with Crippen molar-refractivity contribution in [1.29, 1.82) is 0 Å². The summed E-state index contributed by atoms with van der Waals surface area (Å²) in [5.41, 5.74) is 1.17. The quantitative estimate of drug-likeness (QED) is 0.533. The van der Waals surface area contributed by atoms with Gasteiger partial charge < -0.3 is 20.1 Å². The van der Waals surface area contributed by atoms with Crippen LogP contribution in [-0.2, 0) is 11.3 Å². The Hall–Kier alpha value is -2.78. The average molecular weight is 429 g/mol. The zero-order valence-corrected chi connectivity index (χ0v) is 17.2. The standard InChI is InChI=1S/C20H20N4O3S2/c25-18(21-11-15-12-26-16-8-4-5-9-17(16)27-15)13-28-20-24-23-19(29-20)22-10-14-6-2-1-3-7-14/h1-9,15H,10-13H2,(H,21,25)(H,22,23)/t15-/m1/s1. The van der Waals surface area contributed by atoms with Gasteiger partial charge in [-0.25, -0.2) is 0 Å². The zero-order chi connectivity index (χ0) is 19.9. The molecule has 0 saturated heterocycles. The lowest BCUT2D eigenvalue weighted by molar-refractivity contribution is -0.119. The highest BCUT2D eigenvalue weighted by Gasteiger charge is 2.21. The number of para-hydroxylation sites is 2. The van der Waals surface area contributed by atoms with Crippen molar-refractivity contribution < 1.29 is 14.3 Å². The van der Waals surface area contributed by atoms with Crippen LogP contribution in [0.15, 0.2) is 58.9 Å². The molecular weight excluding hydrogens is 408 g/mol. The van der Waals surface area contributed by atoms with E-state index >= 15 is 0 Å². The number of aromatic nitrogens is 2. The molecule has 3 aromatic rings. The largest absolute Gasteiger partial charge is 0.486 e. The van der Waals surface area contributed by atoms with Gasteiger partial charge in [0.15, 0.2) is 15.8 Å². The first-order valence-electron chi connectivity index (χ1n) is 9.15. The van der Waals surface area contributed by atoms with Crippen molar-refractivity contribution in [2.24, 2.45) is 0 Å². The number of benzene rings is 2. The Morgan fingerprint density at radius 3 is 2.76 bits per heavy atom. The highest BCUT2D eigenvalue weighted by molar-refractivity contribution is 8.01. The first-order chi connectivity index (χ1) is 14.3. The summed E-state index contributed by atoms with van der Waals surface area (Å²) in [6, 6.07) is 17.6. The summed E-state index contributed by atoms with van der Waals surface area (Å²) in [7, 11) is 0. The third-order valence-corrected chi connectivity index (χ3v) is 6.13. The van der Waals surface area contributed by atoms with E-state index in [1.807, 2.05) is 54.6 Å². The number of amides is 1. The molecule has 1 aliphatic rings. The Bertz CT molecular complexity index is 952. The maximum Gasteiger partial charge on any atom is 0.230 e. The lowest BCUT2D eigenvalue weighted by Gasteiger charge is -2.26. The smallest absolute Gasteiger partial charge is 0.230 e. The molecule has 0 spiro atoms. The summed E-state index contributed by atoms with van der Waals surface area (Å²) < 4.78 is 12.2. The number of anilines is 1. The van der Waals surface area contributed by atoms with E-state index in [0.29, 0.717) is 25.4 Å². The Labute approximate surface area is 176 Å². The highest BCUT2D eigenvalue weighted by Crippen LogP contribution is 2.30. The summed E-state index contributed by atoms with van der Waals surface area (Å²) in [5, 5.41) is 15.1. The molecule has 2 aromatic carbocycles. The van der Waals surface area contributed by atoms with Crippen molar-refractivity contribution in [2.75, 3.05) is 24.2 Å². The predicted molar refractivity (Wildman–Crippen MR) is 114 cm³/mol. The lowest BCUT2D eigenvalue weighted by atomic mass is 10.2. The van der Waals surface area contributed by atoms with Gasteiger partial charge in [-0.1, -0.05) is 65.6 Å². The second kappa shape index (κ2) is 9.62. The maximum absolute atomic E-state index is 12.1. The molecule has 2 heterocycles. The third-order valence-electron chi connectivity index (χ3n) is 4.11. The molecule has 4 rings (SSSR count). The van der Waals surface area contributed by atoms with E-state index in [1.54, 1.807) is 0 Å². The second-order valence-electron chi connectivity index (χ2n) is 6.30. The molecule has 1 aromatic heterocycles. The minimum Gasteiger partial charge on any atom is -0.486 e. The van der Waals surface area contributed by atoms with Crippen molar-refractivity contribution in [3.8, 4) is 11.5 Å². The Morgan fingerprint density at radius 1 is 1.10 bits per heavy atom. The number of nitrogens with zero attached hydrogens (tertiary/aromatic N) is 2. The van der Waals surface area contributed by atoms with Gasteiger partial charge in [-0.05, 0) is 17.7 Å². The van der Waals surface area contributed by atoms with E-state index in [-0.39, 0.29) is 17.8 Å². The van der Waals surface area contributed by atoms with Crippen LogP contribution < -0.4 is 20.1 Å². The molecule has 1 aliphatic heterocycles. The number of hydrogen-bond acceptors (Lipinski definition) is 8. The number of carbonyl (C=O) groups excluding carboxylic acids is 1. The molecule has 29 heavy (non-hydrogen) atoms. The van der Waals surface area contributed by atoms with Gasteiger partial charge in [-0.3, -0.25) is 4.79 Å². The molecule has 9 heteroatoms. The maximum atomic E-state index is 12.1. The minimum atomic E-state index is -0.200. The van der Waals surface area contributed by atoms with Crippen molar-refractivity contribution in [3.63, 3.8) is 0 Å². The molecule has 0 unspecified atom stereocenters. The molecule has 7 nitrogen and oxygen atoms in total. The van der Waals surface area contributed by atoms with E-state index in [4.69, 9.17) is 9.47 Å². The van der Waals surface area contributed by atoms with Crippen molar-refractivity contribution in [2.45, 2.75) is 17.0 Å². The summed E-state index contributed by atoms with van der Waals surface area (Å²) in [5.74, 6) is 1.64. The number of hydrogen-bond donors (Lipinski definition) is 2. The number of nitrogens with one attached hydrogen (secondary N) is 2. The van der Waals surface area contributed by atoms with Crippen molar-refractivity contribution in [1.82, 2.24) is 15.5 Å². The van der Waals surface area contributed by atoms with Crippen molar-refractivity contribution >= 4 is 34.1 Å². The summed E-state index contributed by atoms with van der Waals surface area (Å²) in [6.07, 6.45) is -0.200. The predicted octanol–water partition coefficient (Wildman–Crippen LogP) is 3.20. The van der Waals surface area contributed by atoms with Crippen LogP contribution in [0.25, 0.3) is 0 Å². The van der Waals surface area contributed by atoms with Gasteiger partial charge in [-0.15, -0.1) is 10.2 Å². The molecule has 0 bridgehead atoms. The topological polar surface area (TPSA) is 85.4 Å². The van der Waals surface area contributed by atoms with Gasteiger partial charge >= 0.3 is 0 Å². The van der Waals surface area contributed by atoms with Crippen LogP contribution in [0.1, 0.15) is 5.56 Å². The number of ether oxygens (including phenoxy) is 2. The molecule has 1 amide bonds. The molecule has 150 valence electrons. The molecule has 0 radical (unpaired) electrons. The molecule has 2 N–H and O–H groups in total. The van der Waals surface area contributed by atoms with E-state index in [0.717, 1.165) is 15.2 Å². The number of rotatable bonds is 8. The van der Waals surface area contributed by atoms with Gasteiger partial charge in [0.2, 0.25) is 11.0 Å². The van der Waals surface area contributed by atoms with Gasteiger partial charge in [-0.2, -0.15) is 0 Å². The van der Waals surface area contributed by atoms with Crippen LogP contribution in [0.3, 0.4) is 0 Å². The fourth-order valence-corrected chi connectivity index (χ4v) is 4.26. The molecule has 0 saturated carbocycles. The first kappa shape index (κ1) is 19.5. The van der Waals surface area contributed by atoms with E-state index in [2.05, 4.69) is 20.8 Å². The summed E-state index contributed by atoms with van der Waals surface area (Å²) in [4.78, 5) is 12.1. The Morgan fingerprint density at radius 2 is 1.90 bits per heavy atom. The van der Waals surface area contributed by atoms with Crippen LogP contribution in [0, 0.1) is 0 Å². The second-order valence-corrected chi connectivity index (χ2v) is 8.50. The Kier molecular flexibility index (Phi) is 6.48. The summed E-state index contributed by atoms with van der Waals surface area (Å²) in [6.45, 7) is 1.50. The monoisotopic (exact) mass is 428 g/mol. The number of fused-ring (bicyclic) bond motifs is 1. The minimum absolute atomic E-state index is 0.0774. The van der Waals surface area contributed by atoms with E-state index < -0.39 is 0 Å². The molecule has 0 aliphatic carbocycles. The van der Waals surface area contributed by atoms with E-state index in [9.17, 15) is 4.79 Å². The van der Waals surface area contributed by atoms with Crippen LogP contribution in [0.5, 0.6) is 11.5 Å². The first-order valence-corrected chi connectivity index (χ1v) is 11.0. The van der Waals surface area contributed by atoms with Crippen LogP contribution in [0.4, 0.5) is 5.13 Å². The van der Waals surface area contributed by atoms with E-state index in [1.165, 1.54) is 28.7 Å². The molecule has 0 fully saturated rings. The van der Waals surface area contributed by atoms with Gasteiger partial charge in [0, 0.05) is 6.54 Å².